The number of amides is 2. The second-order valence-corrected chi connectivity index (χ2v) is 11.8. The molecule has 4 heterocycles. The number of hydrogen-bond acceptors (Lipinski definition) is 8. The fourth-order valence-corrected chi connectivity index (χ4v) is 6.11. The van der Waals surface area contributed by atoms with Crippen molar-refractivity contribution in [2.24, 2.45) is 5.73 Å². The summed E-state index contributed by atoms with van der Waals surface area (Å²) in [7, 11) is 0. The third-order valence-electron chi connectivity index (χ3n) is 7.26. The number of carbonyl (C=O) groups excluding carboxylic acids is 2. The van der Waals surface area contributed by atoms with E-state index in [1.165, 1.54) is 27.9 Å². The molecule has 0 aliphatic carbocycles. The molecule has 1 aliphatic heterocycles. The molecule has 0 radical (unpaired) electrons. The number of nitrogens with zero attached hydrogens (tertiary/aromatic N) is 5. The van der Waals surface area contributed by atoms with Crippen LogP contribution in [0, 0.1) is 5.82 Å². The summed E-state index contributed by atoms with van der Waals surface area (Å²) in [5, 5.41) is 0.396. The van der Waals surface area contributed by atoms with E-state index in [2.05, 4.69) is 11.6 Å². The summed E-state index contributed by atoms with van der Waals surface area (Å²) < 4.78 is 28.4. The molecule has 45 heavy (non-hydrogen) atoms. The molecular weight excluding hydrogens is 599 g/mol. The number of thiazole rings is 1. The average molecular weight is 629 g/mol. The number of halogens is 1. The molecule has 13 heteroatoms. The van der Waals surface area contributed by atoms with Gasteiger partial charge in [-0.25, -0.2) is 18.8 Å². The van der Waals surface area contributed by atoms with Crippen molar-refractivity contribution < 1.29 is 23.5 Å². The molecule has 0 saturated carbocycles. The van der Waals surface area contributed by atoms with Crippen molar-refractivity contribution in [2.75, 3.05) is 13.1 Å². The molecule has 11 nitrogen and oxygen atoms in total. The Bertz CT molecular complexity index is 1990. The molecular formula is C32H29FN6O5S. The van der Waals surface area contributed by atoms with Crippen LogP contribution >= 0.6 is 11.3 Å². The van der Waals surface area contributed by atoms with Gasteiger partial charge in [-0.15, -0.1) is 11.3 Å². The van der Waals surface area contributed by atoms with Crippen molar-refractivity contribution in [2.45, 2.75) is 32.6 Å². The number of ether oxygens (including phenoxy) is 2. The van der Waals surface area contributed by atoms with Crippen LogP contribution < -0.4 is 16.0 Å². The molecule has 1 aliphatic rings. The van der Waals surface area contributed by atoms with E-state index in [0.717, 1.165) is 16.5 Å². The number of nitrogens with two attached hydrogens (primary N) is 1. The van der Waals surface area contributed by atoms with Gasteiger partial charge in [0.15, 0.2) is 5.69 Å². The molecule has 1 saturated heterocycles. The fourth-order valence-electron chi connectivity index (χ4n) is 5.19. The molecule has 1 fully saturated rings. The van der Waals surface area contributed by atoms with Crippen molar-refractivity contribution >= 4 is 28.9 Å². The lowest BCUT2D eigenvalue weighted by Gasteiger charge is -2.33. The van der Waals surface area contributed by atoms with Gasteiger partial charge in [0.25, 0.3) is 0 Å². The zero-order valence-electron chi connectivity index (χ0n) is 24.3. The molecule has 2 aromatic carbocycles. The SMILES string of the molecule is C=C1CN(C(=O)Cn2ccn3c(=O)c(OCc4ccccc4)c(-c4ncc(Cc5ccc(F)cc5C(N)=O)s4)nc23)C[C@H](C)O1. The van der Waals surface area contributed by atoms with Gasteiger partial charge in [-0.1, -0.05) is 43.0 Å². The van der Waals surface area contributed by atoms with Crippen LogP contribution in [0.2, 0.25) is 0 Å². The number of fused-ring (bicyclic) bond motifs is 1. The Balaban J connectivity index is 1.37. The molecule has 0 spiro atoms. The highest BCUT2D eigenvalue weighted by Crippen LogP contribution is 2.32. The van der Waals surface area contributed by atoms with Crippen LogP contribution in [0.3, 0.4) is 0 Å². The van der Waals surface area contributed by atoms with Crippen molar-refractivity contribution in [3.63, 3.8) is 0 Å². The number of rotatable bonds is 9. The van der Waals surface area contributed by atoms with E-state index in [1.54, 1.807) is 28.1 Å². The van der Waals surface area contributed by atoms with Crippen molar-refractivity contribution in [3.05, 3.63) is 117 Å². The van der Waals surface area contributed by atoms with E-state index in [-0.39, 0.29) is 60.9 Å². The standard InChI is InChI=1S/C32H29FN6O5S/c1-19-15-38(16-20(2)44-19)26(40)17-37-10-11-39-31(42)28(43-18-21-6-4-3-5-7-21)27(36-32(37)39)30-35-14-24(45-30)12-22-8-9-23(33)13-25(22)29(34)41/h3-11,13-14,20H,1,12,15-18H2,2H3,(H2,34,41)/t20-/m0/s1. The van der Waals surface area contributed by atoms with Crippen LogP contribution in [0.1, 0.15) is 33.3 Å². The maximum absolute atomic E-state index is 13.8. The molecule has 5 aromatic rings. The normalized spacial score (nSPS) is 14.8. The molecule has 230 valence electrons. The van der Waals surface area contributed by atoms with E-state index >= 15 is 0 Å². The first kappa shape index (κ1) is 29.8. The summed E-state index contributed by atoms with van der Waals surface area (Å²) in [6.07, 6.45) is 4.85. The van der Waals surface area contributed by atoms with Crippen LogP contribution in [0.15, 0.2) is 84.3 Å². The second kappa shape index (κ2) is 12.4. The van der Waals surface area contributed by atoms with E-state index in [1.807, 2.05) is 37.3 Å². The number of benzene rings is 2. The Labute approximate surface area is 261 Å². The highest BCUT2D eigenvalue weighted by molar-refractivity contribution is 7.15. The van der Waals surface area contributed by atoms with E-state index in [9.17, 15) is 18.8 Å². The fraction of sp³-hybridized carbons (Fsp3) is 0.219. The zero-order valence-corrected chi connectivity index (χ0v) is 25.1. The Morgan fingerprint density at radius 2 is 2.00 bits per heavy atom. The van der Waals surface area contributed by atoms with Crippen molar-refractivity contribution in [3.8, 4) is 16.5 Å². The molecule has 1 atom stereocenters. The lowest BCUT2D eigenvalue weighted by Crippen LogP contribution is -2.44. The van der Waals surface area contributed by atoms with Crippen molar-refractivity contribution in [1.82, 2.24) is 23.8 Å². The van der Waals surface area contributed by atoms with E-state index < -0.39 is 17.3 Å². The number of carbonyl (C=O) groups is 2. The van der Waals surface area contributed by atoms with Gasteiger partial charge < -0.3 is 24.7 Å². The highest BCUT2D eigenvalue weighted by Gasteiger charge is 2.26. The van der Waals surface area contributed by atoms with Crippen LogP contribution in [0.4, 0.5) is 4.39 Å². The molecule has 6 rings (SSSR count). The van der Waals surface area contributed by atoms with E-state index in [0.29, 0.717) is 22.9 Å². The first-order chi connectivity index (χ1) is 21.7. The van der Waals surface area contributed by atoms with Gasteiger partial charge in [-0.05, 0) is 30.2 Å². The Morgan fingerprint density at radius 3 is 2.76 bits per heavy atom. The zero-order chi connectivity index (χ0) is 31.7. The summed E-state index contributed by atoms with van der Waals surface area (Å²) in [6, 6.07) is 13.3. The van der Waals surface area contributed by atoms with Crippen LogP contribution in [0.5, 0.6) is 5.75 Å². The van der Waals surface area contributed by atoms with Gasteiger partial charge in [-0.3, -0.25) is 14.4 Å². The number of imidazole rings is 1. The Hall–Kier alpha value is -5.30. The van der Waals surface area contributed by atoms with Gasteiger partial charge in [0.2, 0.25) is 23.3 Å². The molecule has 0 bridgehead atoms. The minimum atomic E-state index is -0.739. The average Bonchev–Trinajstić information content (AvgIpc) is 3.64. The predicted octanol–water partition coefficient (Wildman–Crippen LogP) is 3.79. The largest absolute Gasteiger partial charge is 0.492 e. The molecule has 2 amide bonds. The first-order valence-corrected chi connectivity index (χ1v) is 14.9. The van der Waals surface area contributed by atoms with Gasteiger partial charge in [0.05, 0.1) is 13.1 Å². The molecule has 2 N–H and O–H groups in total. The summed E-state index contributed by atoms with van der Waals surface area (Å²) >= 11 is 1.25. The van der Waals surface area contributed by atoms with Crippen molar-refractivity contribution in [1.29, 1.82) is 0 Å². The quantitative estimate of drug-likeness (QED) is 0.263. The summed E-state index contributed by atoms with van der Waals surface area (Å²) in [6.45, 7) is 6.48. The Kier molecular flexibility index (Phi) is 8.18. The topological polar surface area (TPSA) is 134 Å². The minimum absolute atomic E-state index is 0.000704. The maximum Gasteiger partial charge on any atom is 0.302 e. The molecule has 0 unspecified atom stereocenters. The van der Waals surface area contributed by atoms with Crippen LogP contribution in [-0.4, -0.2) is 54.8 Å². The van der Waals surface area contributed by atoms with Crippen LogP contribution in [0.25, 0.3) is 16.5 Å². The lowest BCUT2D eigenvalue weighted by molar-refractivity contribution is -0.135. The van der Waals surface area contributed by atoms with Gasteiger partial charge in [0, 0.05) is 35.5 Å². The predicted molar refractivity (Wildman–Crippen MR) is 165 cm³/mol. The smallest absolute Gasteiger partial charge is 0.302 e. The van der Waals surface area contributed by atoms with Gasteiger partial charge in [-0.2, -0.15) is 0 Å². The van der Waals surface area contributed by atoms with Gasteiger partial charge in [0.1, 0.15) is 35.8 Å². The summed E-state index contributed by atoms with van der Waals surface area (Å²) in [4.78, 5) is 50.7. The summed E-state index contributed by atoms with van der Waals surface area (Å²) in [5.41, 5.74) is 6.70. The van der Waals surface area contributed by atoms with Gasteiger partial charge >= 0.3 is 5.56 Å². The number of morpholine rings is 1. The number of hydrogen-bond donors (Lipinski definition) is 1. The monoisotopic (exact) mass is 628 g/mol. The lowest BCUT2D eigenvalue weighted by atomic mass is 10.0. The third kappa shape index (κ3) is 6.34. The Morgan fingerprint density at radius 1 is 1.20 bits per heavy atom. The number of primary amides is 1. The first-order valence-electron chi connectivity index (χ1n) is 14.1. The van der Waals surface area contributed by atoms with E-state index in [4.69, 9.17) is 20.2 Å². The molecule has 3 aromatic heterocycles. The maximum atomic E-state index is 13.8. The summed E-state index contributed by atoms with van der Waals surface area (Å²) in [5.74, 6) is -0.728. The number of aromatic nitrogens is 4. The minimum Gasteiger partial charge on any atom is -0.492 e. The highest BCUT2D eigenvalue weighted by atomic mass is 32.1. The van der Waals surface area contributed by atoms with Crippen LogP contribution in [-0.2, 0) is 29.1 Å². The second-order valence-electron chi connectivity index (χ2n) is 10.7. The third-order valence-corrected chi connectivity index (χ3v) is 8.27.